The summed E-state index contributed by atoms with van der Waals surface area (Å²) in [5.74, 6) is -1.30. The normalized spacial score (nSPS) is 11.9. The van der Waals surface area contributed by atoms with Crippen LogP contribution in [-0.2, 0) is 4.79 Å². The number of hydrogen-bond acceptors (Lipinski definition) is 3. The molecular weight excluding hydrogens is 206 g/mol. The predicted molar refractivity (Wildman–Crippen MR) is 60.0 cm³/mol. The van der Waals surface area contributed by atoms with Crippen LogP contribution >= 0.6 is 0 Å². The number of carbonyl (C=O) groups is 2. The van der Waals surface area contributed by atoms with Crippen LogP contribution in [0.2, 0.25) is 0 Å². The van der Waals surface area contributed by atoms with Crippen molar-refractivity contribution in [3.05, 3.63) is 35.9 Å². The van der Waals surface area contributed by atoms with E-state index in [9.17, 15) is 9.59 Å². The molecule has 1 aromatic carbocycles. The predicted octanol–water partition coefficient (Wildman–Crippen LogP) is 0.614. The van der Waals surface area contributed by atoms with Crippen molar-refractivity contribution in [2.45, 2.75) is 6.92 Å². The van der Waals surface area contributed by atoms with Crippen LogP contribution in [0.4, 0.5) is 0 Å². The number of aliphatic hydroxyl groups excluding tert-OH is 1. The average Bonchev–Trinajstić information content (AvgIpc) is 2.35. The van der Waals surface area contributed by atoms with Gasteiger partial charge < -0.3 is 10.4 Å². The van der Waals surface area contributed by atoms with Crippen LogP contribution in [0.25, 0.3) is 0 Å². The van der Waals surface area contributed by atoms with Gasteiger partial charge in [0.2, 0.25) is 5.91 Å². The number of amides is 1. The van der Waals surface area contributed by atoms with Gasteiger partial charge in [0.05, 0.1) is 12.5 Å². The van der Waals surface area contributed by atoms with Crippen molar-refractivity contribution < 1.29 is 14.7 Å². The summed E-state index contributed by atoms with van der Waals surface area (Å²) in [5.41, 5.74) is 0.522. The number of Topliss-reactive ketones (excluding diaryl/α,β-unsaturated/α-hetero) is 1. The first-order valence-electron chi connectivity index (χ1n) is 5.14. The van der Waals surface area contributed by atoms with Crippen molar-refractivity contribution in [3.63, 3.8) is 0 Å². The summed E-state index contributed by atoms with van der Waals surface area (Å²) in [6, 6.07) is 8.68. The zero-order chi connectivity index (χ0) is 12.0. The first kappa shape index (κ1) is 12.4. The topological polar surface area (TPSA) is 66.4 Å². The minimum Gasteiger partial charge on any atom is -0.395 e. The van der Waals surface area contributed by atoms with Crippen LogP contribution < -0.4 is 5.32 Å². The second-order valence-electron chi connectivity index (χ2n) is 3.47. The lowest BCUT2D eigenvalue weighted by Crippen LogP contribution is -2.35. The van der Waals surface area contributed by atoms with Crippen LogP contribution in [0.1, 0.15) is 17.3 Å². The molecule has 4 nitrogen and oxygen atoms in total. The van der Waals surface area contributed by atoms with E-state index in [-0.39, 0.29) is 24.8 Å². The summed E-state index contributed by atoms with van der Waals surface area (Å²) < 4.78 is 0. The highest BCUT2D eigenvalue weighted by atomic mass is 16.3. The molecule has 1 unspecified atom stereocenters. The molecule has 0 fully saturated rings. The van der Waals surface area contributed by atoms with Crippen molar-refractivity contribution in [3.8, 4) is 0 Å². The largest absolute Gasteiger partial charge is 0.395 e. The third-order valence-electron chi connectivity index (χ3n) is 2.26. The van der Waals surface area contributed by atoms with Crippen molar-refractivity contribution >= 4 is 11.7 Å². The molecule has 4 heteroatoms. The van der Waals surface area contributed by atoms with E-state index in [1.54, 1.807) is 31.2 Å². The molecule has 1 atom stereocenters. The number of benzene rings is 1. The fourth-order valence-electron chi connectivity index (χ4n) is 1.30. The molecule has 0 bridgehead atoms. The van der Waals surface area contributed by atoms with E-state index in [0.717, 1.165) is 0 Å². The van der Waals surface area contributed by atoms with Crippen LogP contribution in [0.15, 0.2) is 30.3 Å². The standard InChI is InChI=1S/C12H15NO3/c1-9(12(16)13-7-8-14)11(15)10-5-3-2-4-6-10/h2-6,9,14H,7-8H2,1H3,(H,13,16). The molecule has 1 amide bonds. The third kappa shape index (κ3) is 3.17. The second kappa shape index (κ2) is 6.02. The summed E-state index contributed by atoms with van der Waals surface area (Å²) in [4.78, 5) is 23.3. The zero-order valence-electron chi connectivity index (χ0n) is 9.14. The van der Waals surface area contributed by atoms with Crippen molar-refractivity contribution in [1.29, 1.82) is 0 Å². The Hall–Kier alpha value is -1.68. The maximum atomic E-state index is 11.8. The molecule has 0 aromatic heterocycles. The molecule has 1 aromatic rings. The van der Waals surface area contributed by atoms with Crippen LogP contribution in [0.3, 0.4) is 0 Å². The Kier molecular flexibility index (Phi) is 4.66. The first-order chi connectivity index (χ1) is 7.66. The SMILES string of the molecule is CC(C(=O)NCCO)C(=O)c1ccccc1. The maximum absolute atomic E-state index is 11.8. The molecule has 86 valence electrons. The van der Waals surface area contributed by atoms with Gasteiger partial charge >= 0.3 is 0 Å². The second-order valence-corrected chi connectivity index (χ2v) is 3.47. The Morgan fingerprint density at radius 1 is 1.31 bits per heavy atom. The quantitative estimate of drug-likeness (QED) is 0.565. The summed E-state index contributed by atoms with van der Waals surface area (Å²) >= 11 is 0. The lowest BCUT2D eigenvalue weighted by molar-refractivity contribution is -0.123. The van der Waals surface area contributed by atoms with E-state index in [1.807, 2.05) is 6.07 Å². The Balaban J connectivity index is 2.64. The smallest absolute Gasteiger partial charge is 0.230 e. The molecule has 16 heavy (non-hydrogen) atoms. The van der Waals surface area contributed by atoms with Gasteiger partial charge in [0.1, 0.15) is 0 Å². The lowest BCUT2D eigenvalue weighted by Gasteiger charge is -2.10. The Morgan fingerprint density at radius 3 is 2.50 bits per heavy atom. The molecule has 0 saturated heterocycles. The van der Waals surface area contributed by atoms with Gasteiger partial charge in [-0.05, 0) is 6.92 Å². The van der Waals surface area contributed by atoms with E-state index >= 15 is 0 Å². The van der Waals surface area contributed by atoms with Gasteiger partial charge in [-0.1, -0.05) is 30.3 Å². The number of nitrogens with one attached hydrogen (secondary N) is 1. The first-order valence-corrected chi connectivity index (χ1v) is 5.14. The zero-order valence-corrected chi connectivity index (χ0v) is 9.14. The minimum absolute atomic E-state index is 0.127. The highest BCUT2D eigenvalue weighted by molar-refractivity contribution is 6.09. The van der Waals surface area contributed by atoms with Gasteiger partial charge in [0.25, 0.3) is 0 Å². The fourth-order valence-corrected chi connectivity index (χ4v) is 1.30. The molecule has 1 rings (SSSR count). The van der Waals surface area contributed by atoms with Crippen LogP contribution in [0.5, 0.6) is 0 Å². The van der Waals surface area contributed by atoms with Gasteiger partial charge in [-0.3, -0.25) is 9.59 Å². The van der Waals surface area contributed by atoms with E-state index in [2.05, 4.69) is 5.32 Å². The molecule has 0 aliphatic carbocycles. The van der Waals surface area contributed by atoms with Gasteiger partial charge in [-0.25, -0.2) is 0 Å². The Labute approximate surface area is 94.3 Å². The summed E-state index contributed by atoms with van der Waals surface area (Å²) in [7, 11) is 0. The van der Waals surface area contributed by atoms with E-state index in [0.29, 0.717) is 5.56 Å². The Morgan fingerprint density at radius 2 is 1.94 bits per heavy atom. The number of ketones is 1. The van der Waals surface area contributed by atoms with Gasteiger partial charge in [-0.2, -0.15) is 0 Å². The molecule has 0 aliphatic heterocycles. The summed E-state index contributed by atoms with van der Waals surface area (Å²) in [5, 5.41) is 11.0. The third-order valence-corrected chi connectivity index (χ3v) is 2.26. The van der Waals surface area contributed by atoms with E-state index in [4.69, 9.17) is 5.11 Å². The lowest BCUT2D eigenvalue weighted by atomic mass is 9.99. The highest BCUT2D eigenvalue weighted by Gasteiger charge is 2.21. The molecular formula is C12H15NO3. The van der Waals surface area contributed by atoms with Gasteiger partial charge in [0.15, 0.2) is 5.78 Å². The average molecular weight is 221 g/mol. The van der Waals surface area contributed by atoms with Crippen molar-refractivity contribution in [1.82, 2.24) is 5.32 Å². The molecule has 0 radical (unpaired) electrons. The summed E-state index contributed by atoms with van der Waals surface area (Å²) in [6.45, 7) is 1.60. The Bertz CT molecular complexity index is 362. The molecule has 0 spiro atoms. The van der Waals surface area contributed by atoms with Gasteiger partial charge in [0, 0.05) is 12.1 Å². The molecule has 0 aliphatic rings. The molecule has 0 heterocycles. The van der Waals surface area contributed by atoms with Crippen LogP contribution in [-0.4, -0.2) is 29.9 Å². The molecule has 2 N–H and O–H groups in total. The molecule has 0 saturated carbocycles. The highest BCUT2D eigenvalue weighted by Crippen LogP contribution is 2.08. The van der Waals surface area contributed by atoms with Crippen molar-refractivity contribution in [2.24, 2.45) is 5.92 Å². The number of carbonyl (C=O) groups excluding carboxylic acids is 2. The monoisotopic (exact) mass is 221 g/mol. The number of aliphatic hydroxyl groups is 1. The van der Waals surface area contributed by atoms with E-state index < -0.39 is 5.92 Å². The van der Waals surface area contributed by atoms with E-state index in [1.165, 1.54) is 0 Å². The van der Waals surface area contributed by atoms with Crippen molar-refractivity contribution in [2.75, 3.05) is 13.2 Å². The van der Waals surface area contributed by atoms with Gasteiger partial charge in [-0.15, -0.1) is 0 Å². The minimum atomic E-state index is -0.728. The number of rotatable bonds is 5. The fraction of sp³-hybridized carbons (Fsp3) is 0.333. The summed E-state index contributed by atoms with van der Waals surface area (Å²) in [6.07, 6.45) is 0. The number of hydrogen-bond donors (Lipinski definition) is 2. The van der Waals surface area contributed by atoms with Crippen LogP contribution in [0, 0.1) is 5.92 Å². The maximum Gasteiger partial charge on any atom is 0.230 e.